The Bertz CT molecular complexity index is 793. The van der Waals surface area contributed by atoms with Crippen LogP contribution >= 0.6 is 0 Å². The Morgan fingerprint density at radius 1 is 1.25 bits per heavy atom. The van der Waals surface area contributed by atoms with E-state index in [1.807, 2.05) is 6.20 Å². The molecule has 28 heavy (non-hydrogen) atoms. The Labute approximate surface area is 166 Å². The van der Waals surface area contributed by atoms with Gasteiger partial charge in [0.1, 0.15) is 11.5 Å². The first-order valence-corrected chi connectivity index (χ1v) is 10.5. The molecule has 1 N–H and O–H groups in total. The number of carbonyl (C=O) groups is 1. The molecule has 1 saturated heterocycles. The van der Waals surface area contributed by atoms with Gasteiger partial charge in [-0.05, 0) is 24.0 Å². The number of hydrogen-bond acceptors (Lipinski definition) is 4. The van der Waals surface area contributed by atoms with Crippen molar-refractivity contribution in [3.63, 3.8) is 0 Å². The zero-order valence-corrected chi connectivity index (χ0v) is 16.7. The molecule has 4 rings (SSSR count). The summed E-state index contributed by atoms with van der Waals surface area (Å²) in [6, 6.07) is 8.97. The number of ether oxygens (including phenoxy) is 1. The van der Waals surface area contributed by atoms with Gasteiger partial charge in [-0.15, -0.1) is 0 Å². The highest BCUT2D eigenvalue weighted by molar-refractivity contribution is 5.92. The lowest BCUT2D eigenvalue weighted by atomic mass is 9.91. The molecule has 1 aromatic carbocycles. The molecule has 0 spiro atoms. The average molecular weight is 383 g/mol. The molecule has 3 heterocycles. The van der Waals surface area contributed by atoms with Crippen LogP contribution in [0.2, 0.25) is 0 Å². The minimum Gasteiger partial charge on any atom is -0.379 e. The number of morpholine rings is 1. The van der Waals surface area contributed by atoms with Crippen LogP contribution in [-0.2, 0) is 24.1 Å². The molecule has 1 amide bonds. The van der Waals surface area contributed by atoms with E-state index < -0.39 is 0 Å². The Hall–Kier alpha value is -2.18. The third-order valence-electron chi connectivity index (χ3n) is 5.90. The Kier molecular flexibility index (Phi) is 6.07. The molecule has 0 saturated carbocycles. The predicted octanol–water partition coefficient (Wildman–Crippen LogP) is 2.24. The van der Waals surface area contributed by atoms with Crippen molar-refractivity contribution in [2.45, 2.75) is 38.6 Å². The van der Waals surface area contributed by atoms with E-state index in [0.717, 1.165) is 64.5 Å². The summed E-state index contributed by atoms with van der Waals surface area (Å²) in [6.45, 7) is 8.03. The van der Waals surface area contributed by atoms with Crippen LogP contribution in [0.4, 0.5) is 0 Å². The van der Waals surface area contributed by atoms with E-state index in [1.54, 1.807) is 0 Å². The van der Waals surface area contributed by atoms with Gasteiger partial charge in [-0.25, -0.2) is 4.98 Å². The van der Waals surface area contributed by atoms with Crippen molar-refractivity contribution in [3.8, 4) is 0 Å². The SMILES string of the molecule is CCc1ccc([C@H]2CCc3nc(C(=O)NCCN4CCOCC4)cn3C2)cc1. The monoisotopic (exact) mass is 382 g/mol. The van der Waals surface area contributed by atoms with Crippen LogP contribution in [0.1, 0.15) is 46.7 Å². The van der Waals surface area contributed by atoms with E-state index in [4.69, 9.17) is 4.74 Å². The van der Waals surface area contributed by atoms with Crippen molar-refractivity contribution in [1.29, 1.82) is 0 Å². The first-order chi connectivity index (χ1) is 13.7. The maximum atomic E-state index is 12.5. The summed E-state index contributed by atoms with van der Waals surface area (Å²) < 4.78 is 7.52. The van der Waals surface area contributed by atoms with Crippen LogP contribution < -0.4 is 5.32 Å². The van der Waals surface area contributed by atoms with E-state index in [1.165, 1.54) is 11.1 Å². The fraction of sp³-hybridized carbons (Fsp3) is 0.545. The van der Waals surface area contributed by atoms with Gasteiger partial charge in [0.25, 0.3) is 5.91 Å². The third-order valence-corrected chi connectivity index (χ3v) is 5.90. The van der Waals surface area contributed by atoms with Gasteiger partial charge in [-0.3, -0.25) is 9.69 Å². The molecule has 0 unspecified atom stereocenters. The fourth-order valence-corrected chi connectivity index (χ4v) is 4.09. The molecule has 150 valence electrons. The number of carbonyl (C=O) groups excluding carboxylic acids is 1. The van der Waals surface area contributed by atoms with Gasteiger partial charge >= 0.3 is 0 Å². The number of amides is 1. The van der Waals surface area contributed by atoms with Crippen molar-refractivity contribution in [2.75, 3.05) is 39.4 Å². The normalized spacial score (nSPS) is 20.0. The Morgan fingerprint density at radius 3 is 2.79 bits per heavy atom. The van der Waals surface area contributed by atoms with E-state index in [2.05, 4.69) is 51.0 Å². The third kappa shape index (κ3) is 4.45. The second kappa shape index (κ2) is 8.88. The smallest absolute Gasteiger partial charge is 0.271 e. The maximum absolute atomic E-state index is 12.5. The predicted molar refractivity (Wildman–Crippen MR) is 109 cm³/mol. The number of hydrogen-bond donors (Lipinski definition) is 1. The number of nitrogens with one attached hydrogen (secondary N) is 1. The topological polar surface area (TPSA) is 59.4 Å². The standard InChI is InChI=1S/C22H30N4O2/c1-2-17-3-5-18(6-4-17)19-7-8-21-24-20(16-26(21)15-19)22(27)23-9-10-25-11-13-28-14-12-25/h3-6,16,19H,2,7-15H2,1H3,(H,23,27)/t19-/m0/s1. The van der Waals surface area contributed by atoms with Crippen molar-refractivity contribution in [1.82, 2.24) is 19.8 Å². The minimum atomic E-state index is -0.0704. The van der Waals surface area contributed by atoms with E-state index in [0.29, 0.717) is 18.2 Å². The van der Waals surface area contributed by atoms with Gasteiger partial charge in [0, 0.05) is 51.3 Å². The second-order valence-electron chi connectivity index (χ2n) is 7.74. The molecule has 1 atom stereocenters. The first kappa shape index (κ1) is 19.2. The van der Waals surface area contributed by atoms with Crippen LogP contribution in [0, 0.1) is 0 Å². The molecule has 1 aromatic heterocycles. The average Bonchev–Trinajstić information content (AvgIpc) is 3.18. The molecule has 2 aliphatic rings. The number of rotatable bonds is 6. The summed E-state index contributed by atoms with van der Waals surface area (Å²) in [5, 5.41) is 3.01. The number of fused-ring (bicyclic) bond motifs is 1. The maximum Gasteiger partial charge on any atom is 0.271 e. The zero-order valence-electron chi connectivity index (χ0n) is 16.7. The Balaban J connectivity index is 1.33. The first-order valence-electron chi connectivity index (χ1n) is 10.5. The van der Waals surface area contributed by atoms with Gasteiger partial charge in [-0.2, -0.15) is 0 Å². The number of aryl methyl sites for hydroxylation is 2. The van der Waals surface area contributed by atoms with Crippen molar-refractivity contribution < 1.29 is 9.53 Å². The summed E-state index contributed by atoms with van der Waals surface area (Å²) in [7, 11) is 0. The quantitative estimate of drug-likeness (QED) is 0.832. The van der Waals surface area contributed by atoms with E-state index >= 15 is 0 Å². The van der Waals surface area contributed by atoms with Gasteiger partial charge in [0.05, 0.1) is 13.2 Å². The fourth-order valence-electron chi connectivity index (χ4n) is 4.09. The minimum absolute atomic E-state index is 0.0704. The largest absolute Gasteiger partial charge is 0.379 e. The highest BCUT2D eigenvalue weighted by Crippen LogP contribution is 2.29. The number of imidazole rings is 1. The van der Waals surface area contributed by atoms with Crippen molar-refractivity contribution >= 4 is 5.91 Å². The summed E-state index contributed by atoms with van der Waals surface area (Å²) in [4.78, 5) is 19.4. The van der Waals surface area contributed by atoms with Crippen LogP contribution in [0.3, 0.4) is 0 Å². The highest BCUT2D eigenvalue weighted by atomic mass is 16.5. The van der Waals surface area contributed by atoms with E-state index in [-0.39, 0.29) is 5.91 Å². The zero-order chi connectivity index (χ0) is 19.3. The molecule has 2 aliphatic heterocycles. The van der Waals surface area contributed by atoms with Gasteiger partial charge in [-0.1, -0.05) is 31.2 Å². The molecular weight excluding hydrogens is 352 g/mol. The molecule has 1 fully saturated rings. The molecule has 0 aliphatic carbocycles. The summed E-state index contributed by atoms with van der Waals surface area (Å²) >= 11 is 0. The Morgan fingerprint density at radius 2 is 2.04 bits per heavy atom. The van der Waals surface area contributed by atoms with Crippen LogP contribution in [0.15, 0.2) is 30.5 Å². The van der Waals surface area contributed by atoms with Gasteiger partial charge < -0.3 is 14.6 Å². The van der Waals surface area contributed by atoms with Crippen LogP contribution in [-0.4, -0.2) is 59.8 Å². The van der Waals surface area contributed by atoms with E-state index in [9.17, 15) is 4.79 Å². The van der Waals surface area contributed by atoms with Crippen molar-refractivity contribution in [2.24, 2.45) is 0 Å². The summed E-state index contributed by atoms with van der Waals surface area (Å²) in [5.41, 5.74) is 3.30. The van der Waals surface area contributed by atoms with Crippen LogP contribution in [0.25, 0.3) is 0 Å². The van der Waals surface area contributed by atoms with Crippen LogP contribution in [0.5, 0.6) is 0 Å². The highest BCUT2D eigenvalue weighted by Gasteiger charge is 2.23. The van der Waals surface area contributed by atoms with Crippen molar-refractivity contribution in [3.05, 3.63) is 53.1 Å². The molecule has 0 radical (unpaired) electrons. The second-order valence-corrected chi connectivity index (χ2v) is 7.74. The molecular formula is C22H30N4O2. The number of benzene rings is 1. The molecule has 6 nitrogen and oxygen atoms in total. The van der Waals surface area contributed by atoms with Gasteiger partial charge in [0.15, 0.2) is 0 Å². The lowest BCUT2D eigenvalue weighted by Crippen LogP contribution is -2.41. The summed E-state index contributed by atoms with van der Waals surface area (Å²) in [5.74, 6) is 1.45. The lowest BCUT2D eigenvalue weighted by molar-refractivity contribution is 0.0383. The number of nitrogens with zero attached hydrogens (tertiary/aromatic N) is 3. The molecule has 0 bridgehead atoms. The molecule has 2 aromatic rings. The summed E-state index contributed by atoms with van der Waals surface area (Å²) in [6.07, 6.45) is 4.99. The van der Waals surface area contributed by atoms with Gasteiger partial charge in [0.2, 0.25) is 0 Å². The lowest BCUT2D eigenvalue weighted by Gasteiger charge is -2.26. The number of aromatic nitrogens is 2. The molecule has 6 heteroatoms.